The zero-order valence-corrected chi connectivity index (χ0v) is 9.12. The van der Waals surface area contributed by atoms with E-state index in [4.69, 9.17) is 10.5 Å². The predicted molar refractivity (Wildman–Crippen MR) is 64.1 cm³/mol. The molecule has 0 aliphatic rings. The van der Waals surface area contributed by atoms with Gasteiger partial charge in [-0.2, -0.15) is 20.7 Å². The average Bonchev–Trinajstić information content (AvgIpc) is 2.94. The van der Waals surface area contributed by atoms with Crippen molar-refractivity contribution < 1.29 is 0 Å². The van der Waals surface area contributed by atoms with Gasteiger partial charge in [-0.3, -0.25) is 10.5 Å². The Morgan fingerprint density at radius 1 is 1.28 bits per heavy atom. The zero-order valence-electron chi connectivity index (χ0n) is 9.12. The molecule has 7 heteroatoms. The SMILES string of the molecule is N#CC(C#N)=NNc1ccccc1-c1ncn[nH]1. The number of benzene rings is 1. The molecule has 7 nitrogen and oxygen atoms in total. The maximum absolute atomic E-state index is 8.59. The number of rotatable bonds is 3. The molecule has 0 aliphatic heterocycles. The van der Waals surface area contributed by atoms with Crippen LogP contribution < -0.4 is 5.43 Å². The van der Waals surface area contributed by atoms with E-state index >= 15 is 0 Å². The first-order valence-electron chi connectivity index (χ1n) is 4.94. The number of hydrazone groups is 1. The highest BCUT2D eigenvalue weighted by Gasteiger charge is 2.06. The molecular weight excluding hydrogens is 230 g/mol. The van der Waals surface area contributed by atoms with Gasteiger partial charge in [0.2, 0.25) is 5.71 Å². The number of aromatic nitrogens is 3. The molecule has 18 heavy (non-hydrogen) atoms. The molecule has 0 saturated heterocycles. The number of aromatic amines is 1. The molecule has 0 fully saturated rings. The van der Waals surface area contributed by atoms with Crippen molar-refractivity contribution in [1.29, 1.82) is 10.5 Å². The second kappa shape index (κ2) is 5.23. The van der Waals surface area contributed by atoms with E-state index in [1.54, 1.807) is 24.3 Å². The fraction of sp³-hybridized carbons (Fsp3) is 0. The first-order chi connectivity index (χ1) is 8.85. The minimum atomic E-state index is -0.248. The summed E-state index contributed by atoms with van der Waals surface area (Å²) in [4.78, 5) is 4.03. The van der Waals surface area contributed by atoms with Gasteiger partial charge in [0.1, 0.15) is 18.5 Å². The smallest absolute Gasteiger partial charge is 0.237 e. The van der Waals surface area contributed by atoms with Gasteiger partial charge in [0.25, 0.3) is 0 Å². The number of hydrogen-bond donors (Lipinski definition) is 2. The first-order valence-corrected chi connectivity index (χ1v) is 4.94. The molecule has 0 bridgehead atoms. The third-order valence-corrected chi connectivity index (χ3v) is 2.10. The van der Waals surface area contributed by atoms with Crippen molar-refractivity contribution in [2.45, 2.75) is 0 Å². The van der Waals surface area contributed by atoms with E-state index in [9.17, 15) is 0 Å². The van der Waals surface area contributed by atoms with Gasteiger partial charge in [0.05, 0.1) is 5.69 Å². The van der Waals surface area contributed by atoms with Crippen molar-refractivity contribution >= 4 is 11.4 Å². The second-order valence-corrected chi connectivity index (χ2v) is 3.18. The lowest BCUT2D eigenvalue weighted by Gasteiger charge is -2.05. The van der Waals surface area contributed by atoms with Crippen LogP contribution in [-0.4, -0.2) is 20.9 Å². The van der Waals surface area contributed by atoms with E-state index in [1.165, 1.54) is 6.33 Å². The van der Waals surface area contributed by atoms with E-state index in [-0.39, 0.29) is 5.71 Å². The van der Waals surface area contributed by atoms with Gasteiger partial charge in [-0.25, -0.2) is 4.98 Å². The largest absolute Gasteiger partial charge is 0.276 e. The third-order valence-electron chi connectivity index (χ3n) is 2.10. The highest BCUT2D eigenvalue weighted by molar-refractivity contribution is 6.10. The fourth-order valence-electron chi connectivity index (χ4n) is 1.31. The second-order valence-electron chi connectivity index (χ2n) is 3.18. The summed E-state index contributed by atoms with van der Waals surface area (Å²) in [6.07, 6.45) is 1.39. The summed E-state index contributed by atoms with van der Waals surface area (Å²) in [6.45, 7) is 0. The number of H-pyrrole nitrogens is 1. The lowest BCUT2D eigenvalue weighted by atomic mass is 10.2. The van der Waals surface area contributed by atoms with Crippen molar-refractivity contribution in [2.75, 3.05) is 5.43 Å². The fourth-order valence-corrected chi connectivity index (χ4v) is 1.31. The maximum Gasteiger partial charge on any atom is 0.237 e. The molecule has 0 aliphatic carbocycles. The summed E-state index contributed by atoms with van der Waals surface area (Å²) in [5.74, 6) is 0.573. The topological polar surface area (TPSA) is 114 Å². The van der Waals surface area contributed by atoms with Crippen LogP contribution in [0.3, 0.4) is 0 Å². The number of hydrogen-bond acceptors (Lipinski definition) is 6. The van der Waals surface area contributed by atoms with Gasteiger partial charge in [-0.15, -0.1) is 0 Å². The first kappa shape index (κ1) is 11.3. The molecule has 1 heterocycles. The van der Waals surface area contributed by atoms with Crippen LogP contribution in [0.5, 0.6) is 0 Å². The van der Waals surface area contributed by atoms with Crippen LogP contribution in [0.15, 0.2) is 35.7 Å². The standard InChI is InChI=1S/C11H7N7/c12-5-8(6-13)16-17-10-4-2-1-3-9(10)11-14-7-15-18-11/h1-4,7,17H,(H,14,15,18). The lowest BCUT2D eigenvalue weighted by Crippen LogP contribution is -1.98. The van der Waals surface area contributed by atoms with Crippen LogP contribution in [0.1, 0.15) is 0 Å². The molecule has 1 aromatic heterocycles. The monoisotopic (exact) mass is 237 g/mol. The Hall–Kier alpha value is -3.19. The predicted octanol–water partition coefficient (Wildman–Crippen LogP) is 1.29. The van der Waals surface area contributed by atoms with Crippen molar-refractivity contribution in [3.63, 3.8) is 0 Å². The molecule has 0 atom stereocenters. The summed E-state index contributed by atoms with van der Waals surface area (Å²) >= 11 is 0. The van der Waals surface area contributed by atoms with Gasteiger partial charge < -0.3 is 0 Å². The van der Waals surface area contributed by atoms with Crippen LogP contribution in [0.25, 0.3) is 11.4 Å². The molecule has 2 N–H and O–H groups in total. The normalized spacial score (nSPS) is 9.00. The Balaban J connectivity index is 2.33. The molecule has 0 unspecified atom stereocenters. The number of nitrogens with one attached hydrogen (secondary N) is 2. The maximum atomic E-state index is 8.59. The van der Waals surface area contributed by atoms with Crippen LogP contribution in [0.2, 0.25) is 0 Å². The number of anilines is 1. The number of nitriles is 2. The molecule has 2 aromatic rings. The van der Waals surface area contributed by atoms with Gasteiger partial charge in [0.15, 0.2) is 5.82 Å². The quantitative estimate of drug-likeness (QED) is 0.616. The Morgan fingerprint density at radius 2 is 2.06 bits per heavy atom. The van der Waals surface area contributed by atoms with E-state index < -0.39 is 0 Å². The summed E-state index contributed by atoms with van der Waals surface area (Å²) in [6, 6.07) is 10.5. The minimum Gasteiger partial charge on any atom is -0.276 e. The van der Waals surface area contributed by atoms with Crippen LogP contribution in [0, 0.1) is 22.7 Å². The van der Waals surface area contributed by atoms with Gasteiger partial charge >= 0.3 is 0 Å². The molecule has 0 spiro atoms. The van der Waals surface area contributed by atoms with Gasteiger partial charge in [-0.05, 0) is 12.1 Å². The molecule has 0 saturated carbocycles. The van der Waals surface area contributed by atoms with Crippen molar-refractivity contribution in [3.05, 3.63) is 30.6 Å². The third kappa shape index (κ3) is 2.31. The summed E-state index contributed by atoms with van der Waals surface area (Å²) in [5, 5.41) is 27.3. The average molecular weight is 237 g/mol. The Kier molecular flexibility index (Phi) is 3.29. The van der Waals surface area contributed by atoms with E-state index in [0.29, 0.717) is 11.5 Å². The minimum absolute atomic E-state index is 0.248. The molecule has 2 rings (SSSR count). The zero-order chi connectivity index (χ0) is 12.8. The van der Waals surface area contributed by atoms with E-state index in [0.717, 1.165) is 5.56 Å². The van der Waals surface area contributed by atoms with Gasteiger partial charge in [-0.1, -0.05) is 12.1 Å². The van der Waals surface area contributed by atoms with Crippen molar-refractivity contribution in [1.82, 2.24) is 15.2 Å². The van der Waals surface area contributed by atoms with Crippen molar-refractivity contribution in [2.24, 2.45) is 5.10 Å². The van der Waals surface area contributed by atoms with Crippen LogP contribution in [-0.2, 0) is 0 Å². The molecule has 1 aromatic carbocycles. The Labute approximate surface area is 102 Å². The van der Waals surface area contributed by atoms with Crippen LogP contribution in [0.4, 0.5) is 5.69 Å². The van der Waals surface area contributed by atoms with Crippen molar-refractivity contribution in [3.8, 4) is 23.5 Å². The summed E-state index contributed by atoms with van der Waals surface area (Å²) in [7, 11) is 0. The van der Waals surface area contributed by atoms with Crippen LogP contribution >= 0.6 is 0 Å². The lowest BCUT2D eigenvalue weighted by molar-refractivity contribution is 1.09. The molecule has 0 radical (unpaired) electrons. The molecule has 86 valence electrons. The summed E-state index contributed by atoms with van der Waals surface area (Å²) in [5.41, 5.74) is 3.78. The Bertz CT molecular complexity index is 627. The van der Waals surface area contributed by atoms with E-state index in [2.05, 4.69) is 25.7 Å². The molecular formula is C11H7N7. The number of nitrogens with zero attached hydrogens (tertiary/aromatic N) is 5. The summed E-state index contributed by atoms with van der Waals surface area (Å²) < 4.78 is 0. The Morgan fingerprint density at radius 3 is 2.72 bits per heavy atom. The van der Waals surface area contributed by atoms with E-state index in [1.807, 2.05) is 12.1 Å². The highest BCUT2D eigenvalue weighted by Crippen LogP contribution is 2.23. The molecule has 0 amide bonds. The highest BCUT2D eigenvalue weighted by atomic mass is 15.3. The number of para-hydroxylation sites is 1. The van der Waals surface area contributed by atoms with Gasteiger partial charge in [0, 0.05) is 5.56 Å².